The summed E-state index contributed by atoms with van der Waals surface area (Å²) in [7, 11) is 0. The Morgan fingerprint density at radius 1 is 1.36 bits per heavy atom. The van der Waals surface area contributed by atoms with Gasteiger partial charge in [-0.25, -0.2) is 0 Å². The van der Waals surface area contributed by atoms with Crippen LogP contribution in [0.2, 0.25) is 0 Å². The molecule has 1 unspecified atom stereocenters. The van der Waals surface area contributed by atoms with Gasteiger partial charge in [0.2, 0.25) is 0 Å². The molecule has 0 bridgehead atoms. The van der Waals surface area contributed by atoms with E-state index in [2.05, 4.69) is 15.9 Å². The Morgan fingerprint density at radius 3 is 2.36 bits per heavy atom. The van der Waals surface area contributed by atoms with Gasteiger partial charge in [-0.2, -0.15) is 0 Å². The van der Waals surface area contributed by atoms with Crippen LogP contribution in [-0.2, 0) is 6.42 Å². The highest BCUT2D eigenvalue weighted by molar-refractivity contribution is 9.10. The van der Waals surface area contributed by atoms with Crippen LogP contribution in [0.15, 0.2) is 30.3 Å². The SMILES string of the molecule is CC(O)(Br)Cc1ccccc1. The molecule has 1 aromatic carbocycles. The molecular weight excluding hydrogens is 204 g/mol. The summed E-state index contributed by atoms with van der Waals surface area (Å²) in [6, 6.07) is 9.89. The van der Waals surface area contributed by atoms with Crippen molar-refractivity contribution in [2.75, 3.05) is 0 Å². The van der Waals surface area contributed by atoms with Gasteiger partial charge < -0.3 is 5.11 Å². The van der Waals surface area contributed by atoms with E-state index in [1.165, 1.54) is 0 Å². The summed E-state index contributed by atoms with van der Waals surface area (Å²) in [5, 5.41) is 9.39. The second-order valence-corrected chi connectivity index (χ2v) is 4.51. The molecule has 0 saturated heterocycles. The third-order valence-electron chi connectivity index (χ3n) is 1.37. The lowest BCUT2D eigenvalue weighted by atomic mass is 10.1. The lowest BCUT2D eigenvalue weighted by molar-refractivity contribution is 0.166. The molecule has 0 heterocycles. The normalized spacial score (nSPS) is 15.9. The standard InChI is InChI=1S/C9H11BrO/c1-9(10,11)7-8-5-3-2-4-6-8/h2-6,11H,7H2,1H3. The molecule has 0 aromatic heterocycles. The van der Waals surface area contributed by atoms with Crippen LogP contribution in [0.3, 0.4) is 0 Å². The van der Waals surface area contributed by atoms with E-state index in [-0.39, 0.29) is 0 Å². The fourth-order valence-corrected chi connectivity index (χ4v) is 1.29. The Morgan fingerprint density at radius 2 is 1.91 bits per heavy atom. The summed E-state index contributed by atoms with van der Waals surface area (Å²) in [4.78, 5) is 0. The highest BCUT2D eigenvalue weighted by Crippen LogP contribution is 2.18. The van der Waals surface area contributed by atoms with Crippen LogP contribution in [0.4, 0.5) is 0 Å². The molecule has 0 aliphatic heterocycles. The molecular formula is C9H11BrO. The average Bonchev–Trinajstić information content (AvgIpc) is 1.85. The fraction of sp³-hybridized carbons (Fsp3) is 0.333. The van der Waals surface area contributed by atoms with Crippen molar-refractivity contribution >= 4 is 15.9 Å². The number of hydrogen-bond donors (Lipinski definition) is 1. The highest BCUT2D eigenvalue weighted by atomic mass is 79.9. The molecule has 11 heavy (non-hydrogen) atoms. The molecule has 1 atom stereocenters. The first kappa shape index (κ1) is 8.75. The zero-order chi connectivity index (χ0) is 8.32. The lowest BCUT2D eigenvalue weighted by Gasteiger charge is -2.14. The number of alkyl halides is 1. The minimum Gasteiger partial charge on any atom is -0.379 e. The van der Waals surface area contributed by atoms with Crippen LogP contribution in [0.25, 0.3) is 0 Å². The predicted molar refractivity (Wildman–Crippen MR) is 49.7 cm³/mol. The third kappa shape index (κ3) is 3.54. The molecule has 0 saturated carbocycles. The summed E-state index contributed by atoms with van der Waals surface area (Å²) in [5.74, 6) is 0. The Balaban J connectivity index is 2.66. The van der Waals surface area contributed by atoms with E-state index in [9.17, 15) is 5.11 Å². The molecule has 1 aromatic rings. The van der Waals surface area contributed by atoms with Crippen molar-refractivity contribution in [2.24, 2.45) is 0 Å². The molecule has 0 amide bonds. The largest absolute Gasteiger partial charge is 0.379 e. The second kappa shape index (κ2) is 3.37. The molecule has 1 nitrogen and oxygen atoms in total. The Hall–Kier alpha value is -0.340. The van der Waals surface area contributed by atoms with Gasteiger partial charge in [0.25, 0.3) is 0 Å². The van der Waals surface area contributed by atoms with E-state index < -0.39 is 4.51 Å². The molecule has 0 aliphatic rings. The molecule has 1 rings (SSSR count). The van der Waals surface area contributed by atoms with Gasteiger partial charge in [0, 0.05) is 6.42 Å². The van der Waals surface area contributed by atoms with E-state index in [1.807, 2.05) is 30.3 Å². The molecule has 0 aliphatic carbocycles. The minimum absolute atomic E-state index is 0.633. The van der Waals surface area contributed by atoms with Crippen LogP contribution in [-0.4, -0.2) is 9.62 Å². The van der Waals surface area contributed by atoms with E-state index in [1.54, 1.807) is 6.92 Å². The molecule has 60 valence electrons. The molecule has 2 heteroatoms. The lowest BCUT2D eigenvalue weighted by Crippen LogP contribution is -2.17. The Bertz CT molecular complexity index is 213. The summed E-state index contributed by atoms with van der Waals surface area (Å²) < 4.78 is -0.783. The van der Waals surface area contributed by atoms with E-state index >= 15 is 0 Å². The van der Waals surface area contributed by atoms with Gasteiger partial charge in [-0.1, -0.05) is 46.3 Å². The molecule has 1 N–H and O–H groups in total. The first-order valence-electron chi connectivity index (χ1n) is 3.53. The molecule has 0 fully saturated rings. The maximum atomic E-state index is 9.39. The van der Waals surface area contributed by atoms with Crippen LogP contribution < -0.4 is 0 Å². The van der Waals surface area contributed by atoms with Gasteiger partial charge in [0.1, 0.15) is 4.51 Å². The number of halogens is 1. The maximum absolute atomic E-state index is 9.39. The van der Waals surface area contributed by atoms with Crippen molar-refractivity contribution in [2.45, 2.75) is 17.9 Å². The van der Waals surface area contributed by atoms with Crippen LogP contribution >= 0.6 is 15.9 Å². The van der Waals surface area contributed by atoms with Crippen LogP contribution in [0, 0.1) is 0 Å². The summed E-state index contributed by atoms with van der Waals surface area (Å²) in [6.07, 6.45) is 0.633. The Kier molecular flexibility index (Phi) is 2.68. The van der Waals surface area contributed by atoms with Crippen LogP contribution in [0.1, 0.15) is 12.5 Å². The van der Waals surface area contributed by atoms with Crippen molar-refractivity contribution < 1.29 is 5.11 Å². The van der Waals surface area contributed by atoms with Gasteiger partial charge >= 0.3 is 0 Å². The topological polar surface area (TPSA) is 20.2 Å². The second-order valence-electron chi connectivity index (χ2n) is 2.80. The van der Waals surface area contributed by atoms with Gasteiger partial charge in [-0.05, 0) is 12.5 Å². The van der Waals surface area contributed by atoms with Crippen molar-refractivity contribution in [3.8, 4) is 0 Å². The van der Waals surface area contributed by atoms with E-state index in [4.69, 9.17) is 0 Å². The van der Waals surface area contributed by atoms with Crippen molar-refractivity contribution in [3.63, 3.8) is 0 Å². The summed E-state index contributed by atoms with van der Waals surface area (Å²) in [6.45, 7) is 1.74. The quantitative estimate of drug-likeness (QED) is 0.750. The molecule has 0 radical (unpaired) electrons. The monoisotopic (exact) mass is 214 g/mol. The number of hydrogen-bond acceptors (Lipinski definition) is 1. The zero-order valence-corrected chi connectivity index (χ0v) is 8.01. The predicted octanol–water partition coefficient (Wildman–Crippen LogP) is 2.33. The van der Waals surface area contributed by atoms with Gasteiger partial charge in [0.05, 0.1) is 0 Å². The van der Waals surface area contributed by atoms with Gasteiger partial charge in [-0.15, -0.1) is 0 Å². The van der Waals surface area contributed by atoms with Crippen molar-refractivity contribution in [1.82, 2.24) is 0 Å². The number of aliphatic hydroxyl groups is 1. The third-order valence-corrected chi connectivity index (χ3v) is 1.65. The van der Waals surface area contributed by atoms with Gasteiger partial charge in [0.15, 0.2) is 0 Å². The van der Waals surface area contributed by atoms with Crippen molar-refractivity contribution in [1.29, 1.82) is 0 Å². The summed E-state index contributed by atoms with van der Waals surface area (Å²) in [5.41, 5.74) is 1.13. The van der Waals surface area contributed by atoms with Crippen LogP contribution in [0.5, 0.6) is 0 Å². The smallest absolute Gasteiger partial charge is 0.120 e. The summed E-state index contributed by atoms with van der Waals surface area (Å²) >= 11 is 3.17. The fourth-order valence-electron chi connectivity index (χ4n) is 0.968. The number of benzene rings is 1. The van der Waals surface area contributed by atoms with E-state index in [0.717, 1.165) is 5.56 Å². The zero-order valence-electron chi connectivity index (χ0n) is 6.42. The van der Waals surface area contributed by atoms with Crippen molar-refractivity contribution in [3.05, 3.63) is 35.9 Å². The Labute approximate surface area is 75.2 Å². The first-order valence-corrected chi connectivity index (χ1v) is 4.32. The maximum Gasteiger partial charge on any atom is 0.120 e. The molecule has 0 spiro atoms. The minimum atomic E-state index is -0.783. The van der Waals surface area contributed by atoms with E-state index in [0.29, 0.717) is 6.42 Å². The first-order chi connectivity index (χ1) is 5.08. The number of rotatable bonds is 2. The van der Waals surface area contributed by atoms with Gasteiger partial charge in [-0.3, -0.25) is 0 Å². The average molecular weight is 215 g/mol. The highest BCUT2D eigenvalue weighted by Gasteiger charge is 2.14.